The molecular formula is C21H21NO4. The van der Waals surface area contributed by atoms with Crippen LogP contribution in [0.4, 0.5) is 0 Å². The lowest BCUT2D eigenvalue weighted by molar-refractivity contribution is 0.101. The first-order valence-corrected chi connectivity index (χ1v) is 8.32. The Hall–Kier alpha value is -2.92. The Bertz CT molecular complexity index is 922. The first-order valence-electron chi connectivity index (χ1n) is 8.32. The summed E-state index contributed by atoms with van der Waals surface area (Å²) in [4.78, 5) is 11.4. The third-order valence-electron chi connectivity index (χ3n) is 4.44. The average molecular weight is 351 g/mol. The van der Waals surface area contributed by atoms with Gasteiger partial charge in [0.1, 0.15) is 17.6 Å². The van der Waals surface area contributed by atoms with E-state index in [0.717, 1.165) is 16.8 Å². The van der Waals surface area contributed by atoms with Gasteiger partial charge >= 0.3 is 0 Å². The molecule has 1 atom stereocenters. The average Bonchev–Trinajstić information content (AvgIpc) is 2.99. The predicted molar refractivity (Wildman–Crippen MR) is 98.5 cm³/mol. The largest absolute Gasteiger partial charge is 0.497 e. The highest BCUT2D eigenvalue weighted by atomic mass is 16.5. The van der Waals surface area contributed by atoms with E-state index < -0.39 is 6.10 Å². The van der Waals surface area contributed by atoms with Gasteiger partial charge in [-0.25, -0.2) is 0 Å². The molecular weight excluding hydrogens is 330 g/mol. The van der Waals surface area contributed by atoms with E-state index in [0.29, 0.717) is 28.2 Å². The number of Topliss-reactive ketones (excluding diaryl/α,β-unsaturated/α-hetero) is 1. The number of ether oxygens (including phenoxy) is 1. The maximum Gasteiger partial charge on any atom is 0.159 e. The van der Waals surface area contributed by atoms with Crippen molar-refractivity contribution in [3.63, 3.8) is 0 Å². The fourth-order valence-electron chi connectivity index (χ4n) is 3.03. The van der Waals surface area contributed by atoms with Crippen LogP contribution < -0.4 is 4.74 Å². The molecule has 1 aromatic heterocycles. The molecule has 1 N–H and O–H groups in total. The van der Waals surface area contributed by atoms with Gasteiger partial charge in [0.2, 0.25) is 0 Å². The molecule has 0 saturated heterocycles. The molecule has 1 unspecified atom stereocenters. The number of hydrogen-bond acceptors (Lipinski definition) is 5. The van der Waals surface area contributed by atoms with E-state index in [4.69, 9.17) is 9.26 Å². The third kappa shape index (κ3) is 3.39. The van der Waals surface area contributed by atoms with Crippen LogP contribution in [0.15, 0.2) is 47.0 Å². The maximum absolute atomic E-state index is 11.4. The molecule has 0 aliphatic heterocycles. The minimum Gasteiger partial charge on any atom is -0.497 e. The summed E-state index contributed by atoms with van der Waals surface area (Å²) in [6.45, 7) is 5.25. The molecule has 0 fully saturated rings. The number of carbonyl (C=O) groups excluding carboxylic acids is 1. The molecule has 2 aromatic carbocycles. The molecule has 0 aliphatic rings. The van der Waals surface area contributed by atoms with Crippen LogP contribution in [0.1, 0.15) is 46.0 Å². The highest BCUT2D eigenvalue weighted by Crippen LogP contribution is 2.34. The van der Waals surface area contributed by atoms with Crippen molar-refractivity contribution in [1.82, 2.24) is 5.16 Å². The number of benzene rings is 2. The van der Waals surface area contributed by atoms with Gasteiger partial charge in [0.25, 0.3) is 0 Å². The van der Waals surface area contributed by atoms with Crippen molar-refractivity contribution in [3.05, 3.63) is 70.6 Å². The topological polar surface area (TPSA) is 72.6 Å². The fraction of sp³-hybridized carbons (Fsp3) is 0.238. The summed E-state index contributed by atoms with van der Waals surface area (Å²) in [5, 5.41) is 14.8. The lowest BCUT2D eigenvalue weighted by Crippen LogP contribution is -2.02. The summed E-state index contributed by atoms with van der Waals surface area (Å²) in [6.07, 6.45) is -0.842. The van der Waals surface area contributed by atoms with Gasteiger partial charge in [-0.3, -0.25) is 4.79 Å². The number of carbonyl (C=O) groups is 1. The van der Waals surface area contributed by atoms with Crippen LogP contribution in [0, 0.1) is 13.8 Å². The lowest BCUT2D eigenvalue weighted by Gasteiger charge is -2.15. The Kier molecular flexibility index (Phi) is 4.91. The molecule has 1 heterocycles. The Morgan fingerprint density at radius 1 is 1.12 bits per heavy atom. The number of aliphatic hydroxyl groups is 1. The number of rotatable bonds is 5. The van der Waals surface area contributed by atoms with Gasteiger partial charge in [-0.05, 0) is 55.7 Å². The minimum atomic E-state index is -0.842. The fourth-order valence-corrected chi connectivity index (χ4v) is 3.03. The van der Waals surface area contributed by atoms with Crippen molar-refractivity contribution in [2.45, 2.75) is 26.9 Å². The van der Waals surface area contributed by atoms with Crippen molar-refractivity contribution in [2.24, 2.45) is 0 Å². The molecule has 0 bridgehead atoms. The van der Waals surface area contributed by atoms with Crippen LogP contribution in [-0.4, -0.2) is 23.2 Å². The molecule has 5 nitrogen and oxygen atoms in total. The number of aryl methyl sites for hydroxylation is 2. The van der Waals surface area contributed by atoms with Crippen LogP contribution in [0.2, 0.25) is 0 Å². The zero-order valence-electron chi connectivity index (χ0n) is 15.2. The predicted octanol–water partition coefficient (Wildman–Crippen LogP) is 4.25. The third-order valence-corrected chi connectivity index (χ3v) is 4.44. The standard InChI is InChI=1S/C21H21NO4/c1-12-20(14(3)26-22-12)17-9-18(11-19(10-17)25-4)21(24)16-7-5-15(6-8-16)13(2)23/h5-11,21,24H,1-4H3. The second-order valence-electron chi connectivity index (χ2n) is 6.27. The zero-order valence-corrected chi connectivity index (χ0v) is 15.2. The number of nitrogens with zero attached hydrogens (tertiary/aromatic N) is 1. The maximum atomic E-state index is 11.4. The SMILES string of the molecule is COc1cc(-c2c(C)noc2C)cc(C(O)c2ccc(C(C)=O)cc2)c1. The number of ketones is 1. The van der Waals surface area contributed by atoms with Crippen molar-refractivity contribution in [3.8, 4) is 16.9 Å². The van der Waals surface area contributed by atoms with Crippen LogP contribution in [0.3, 0.4) is 0 Å². The van der Waals surface area contributed by atoms with Gasteiger partial charge in [0, 0.05) is 11.1 Å². The van der Waals surface area contributed by atoms with Crippen LogP contribution in [0.5, 0.6) is 5.75 Å². The van der Waals surface area contributed by atoms with Gasteiger partial charge in [-0.2, -0.15) is 0 Å². The van der Waals surface area contributed by atoms with Gasteiger partial charge in [0.15, 0.2) is 5.78 Å². The van der Waals surface area contributed by atoms with Crippen molar-refractivity contribution in [1.29, 1.82) is 0 Å². The Balaban J connectivity index is 2.04. The summed E-state index contributed by atoms with van der Waals surface area (Å²) in [5.41, 5.74) is 4.55. The summed E-state index contributed by atoms with van der Waals surface area (Å²) < 4.78 is 10.7. The molecule has 0 spiro atoms. The van der Waals surface area contributed by atoms with Crippen LogP contribution in [-0.2, 0) is 0 Å². The molecule has 3 aromatic rings. The van der Waals surface area contributed by atoms with E-state index in [1.807, 2.05) is 26.0 Å². The van der Waals surface area contributed by atoms with Crippen molar-refractivity contribution in [2.75, 3.05) is 7.11 Å². The smallest absolute Gasteiger partial charge is 0.159 e. The summed E-state index contributed by atoms with van der Waals surface area (Å²) in [5.74, 6) is 1.34. The highest BCUT2D eigenvalue weighted by Gasteiger charge is 2.17. The normalized spacial score (nSPS) is 12.0. The molecule has 134 valence electrons. The van der Waals surface area contributed by atoms with E-state index in [9.17, 15) is 9.90 Å². The molecule has 0 saturated carbocycles. The van der Waals surface area contributed by atoms with Gasteiger partial charge in [0.05, 0.1) is 12.8 Å². The molecule has 0 amide bonds. The Morgan fingerprint density at radius 2 is 1.81 bits per heavy atom. The van der Waals surface area contributed by atoms with E-state index in [1.54, 1.807) is 37.4 Å². The monoisotopic (exact) mass is 351 g/mol. The van der Waals surface area contributed by atoms with Crippen LogP contribution in [0.25, 0.3) is 11.1 Å². The number of methoxy groups -OCH3 is 1. The minimum absolute atomic E-state index is 0.00638. The van der Waals surface area contributed by atoms with E-state index in [1.165, 1.54) is 6.92 Å². The molecule has 3 rings (SSSR count). The van der Waals surface area contributed by atoms with Gasteiger partial charge < -0.3 is 14.4 Å². The first kappa shape index (κ1) is 17.9. The van der Waals surface area contributed by atoms with Gasteiger partial charge in [-0.15, -0.1) is 0 Å². The number of aromatic nitrogens is 1. The van der Waals surface area contributed by atoms with Crippen LogP contribution >= 0.6 is 0 Å². The lowest BCUT2D eigenvalue weighted by atomic mass is 9.95. The molecule has 5 heteroatoms. The molecule has 26 heavy (non-hydrogen) atoms. The van der Waals surface area contributed by atoms with E-state index in [-0.39, 0.29) is 5.78 Å². The molecule has 0 radical (unpaired) electrons. The van der Waals surface area contributed by atoms with Crippen molar-refractivity contribution < 1.29 is 19.2 Å². The number of aliphatic hydroxyl groups excluding tert-OH is 1. The Labute approximate surface area is 152 Å². The Morgan fingerprint density at radius 3 is 2.35 bits per heavy atom. The second-order valence-corrected chi connectivity index (χ2v) is 6.27. The first-order chi connectivity index (χ1) is 12.4. The summed E-state index contributed by atoms with van der Waals surface area (Å²) in [6, 6.07) is 12.5. The summed E-state index contributed by atoms with van der Waals surface area (Å²) >= 11 is 0. The van der Waals surface area contributed by atoms with Gasteiger partial charge in [-0.1, -0.05) is 29.4 Å². The molecule has 0 aliphatic carbocycles. The van der Waals surface area contributed by atoms with E-state index in [2.05, 4.69) is 5.16 Å². The second kappa shape index (κ2) is 7.14. The number of hydrogen-bond donors (Lipinski definition) is 1. The van der Waals surface area contributed by atoms with E-state index >= 15 is 0 Å². The van der Waals surface area contributed by atoms with Crippen molar-refractivity contribution >= 4 is 5.78 Å². The quantitative estimate of drug-likeness (QED) is 0.696. The highest BCUT2D eigenvalue weighted by molar-refractivity contribution is 5.94. The zero-order chi connectivity index (χ0) is 18.8. The summed E-state index contributed by atoms with van der Waals surface area (Å²) in [7, 11) is 1.59.